The second-order valence-electron chi connectivity index (χ2n) is 2.91. The van der Waals surface area contributed by atoms with E-state index in [1.165, 1.54) is 12.1 Å². The molecule has 1 N–H and O–H groups in total. The molecule has 0 heterocycles. The van der Waals surface area contributed by atoms with E-state index in [0.29, 0.717) is 5.56 Å². The van der Waals surface area contributed by atoms with Crippen LogP contribution in [0.1, 0.15) is 11.1 Å². The molecule has 0 fully saturated rings. The lowest BCUT2D eigenvalue weighted by Crippen LogP contribution is -2.24. The van der Waals surface area contributed by atoms with Gasteiger partial charge in [0.1, 0.15) is 0 Å². The Morgan fingerprint density at radius 1 is 1.40 bits per heavy atom. The summed E-state index contributed by atoms with van der Waals surface area (Å²) in [6.45, 7) is 1.66. The van der Waals surface area contributed by atoms with Crippen LogP contribution >= 0.6 is 11.6 Å². The summed E-state index contributed by atoms with van der Waals surface area (Å²) in [6, 6.07) is 3.73. The summed E-state index contributed by atoms with van der Waals surface area (Å²) < 4.78 is 36.9. The van der Waals surface area contributed by atoms with Gasteiger partial charge in [0.15, 0.2) is 5.71 Å². The van der Waals surface area contributed by atoms with Crippen LogP contribution in [0.15, 0.2) is 23.4 Å². The maximum Gasteiger partial charge on any atom is 0.437 e. The van der Waals surface area contributed by atoms with Crippen LogP contribution in [0.3, 0.4) is 0 Å². The maximum absolute atomic E-state index is 12.3. The number of nitrogens with zero attached hydrogens (tertiary/aromatic N) is 1. The van der Waals surface area contributed by atoms with E-state index in [4.69, 9.17) is 16.8 Å². The fraction of sp³-hybridized carbons (Fsp3) is 0.222. The van der Waals surface area contributed by atoms with Crippen molar-refractivity contribution in [2.24, 2.45) is 5.16 Å². The first-order valence-electron chi connectivity index (χ1n) is 3.92. The molecular formula is C9H7ClF3NO. The monoisotopic (exact) mass is 237 g/mol. The Labute approximate surface area is 89.0 Å². The number of rotatable bonds is 1. The van der Waals surface area contributed by atoms with Crippen molar-refractivity contribution < 1.29 is 18.4 Å². The zero-order chi connectivity index (χ0) is 11.6. The second kappa shape index (κ2) is 4.10. The summed E-state index contributed by atoms with van der Waals surface area (Å²) in [5.41, 5.74) is -0.968. The van der Waals surface area contributed by atoms with Gasteiger partial charge >= 0.3 is 6.18 Å². The fourth-order valence-electron chi connectivity index (χ4n) is 1.02. The van der Waals surface area contributed by atoms with E-state index in [1.54, 1.807) is 6.92 Å². The Bertz CT molecular complexity index is 401. The van der Waals surface area contributed by atoms with Gasteiger partial charge in [0.25, 0.3) is 0 Å². The fourth-order valence-corrected chi connectivity index (χ4v) is 1.20. The molecule has 1 rings (SSSR count). The zero-order valence-electron chi connectivity index (χ0n) is 7.64. The van der Waals surface area contributed by atoms with Crippen molar-refractivity contribution in [1.82, 2.24) is 0 Å². The molecule has 82 valence electrons. The Morgan fingerprint density at radius 3 is 2.40 bits per heavy atom. The minimum Gasteiger partial charge on any atom is -0.410 e. The summed E-state index contributed by atoms with van der Waals surface area (Å²) in [6.07, 6.45) is -4.70. The smallest absolute Gasteiger partial charge is 0.410 e. The van der Waals surface area contributed by atoms with Gasteiger partial charge in [0, 0.05) is 10.6 Å². The molecule has 0 aromatic heterocycles. The maximum atomic E-state index is 12.3. The van der Waals surface area contributed by atoms with Crippen LogP contribution in [0.5, 0.6) is 0 Å². The van der Waals surface area contributed by atoms with Crippen LogP contribution in [0.25, 0.3) is 0 Å². The van der Waals surface area contributed by atoms with E-state index < -0.39 is 11.9 Å². The van der Waals surface area contributed by atoms with E-state index in [0.717, 1.165) is 6.07 Å². The van der Waals surface area contributed by atoms with E-state index in [-0.39, 0.29) is 10.6 Å². The molecule has 0 unspecified atom stereocenters. The third-order valence-corrected chi connectivity index (χ3v) is 2.22. The minimum atomic E-state index is -4.70. The van der Waals surface area contributed by atoms with Crippen molar-refractivity contribution >= 4 is 17.3 Å². The average molecular weight is 238 g/mol. The Morgan fingerprint density at radius 2 is 2.00 bits per heavy atom. The lowest BCUT2D eigenvalue weighted by molar-refractivity contribution is -0.0601. The largest absolute Gasteiger partial charge is 0.437 e. The van der Waals surface area contributed by atoms with E-state index in [1.807, 2.05) is 0 Å². The van der Waals surface area contributed by atoms with Gasteiger partial charge in [0.2, 0.25) is 0 Å². The molecule has 0 spiro atoms. The third-order valence-electron chi connectivity index (χ3n) is 1.81. The van der Waals surface area contributed by atoms with Gasteiger partial charge in [0.05, 0.1) is 0 Å². The molecule has 0 atom stereocenters. The minimum absolute atomic E-state index is 0.193. The highest BCUT2D eigenvalue weighted by Crippen LogP contribution is 2.25. The molecule has 0 radical (unpaired) electrons. The molecule has 2 nitrogen and oxygen atoms in total. The molecule has 0 saturated carbocycles. The van der Waals surface area contributed by atoms with Crippen molar-refractivity contribution in [3.63, 3.8) is 0 Å². The molecule has 0 amide bonds. The van der Waals surface area contributed by atoms with Gasteiger partial charge in [-0.1, -0.05) is 28.9 Å². The van der Waals surface area contributed by atoms with Gasteiger partial charge in [-0.3, -0.25) is 0 Å². The quantitative estimate of drug-likeness (QED) is 0.453. The Kier molecular flexibility index (Phi) is 3.24. The van der Waals surface area contributed by atoms with Crippen molar-refractivity contribution in [1.29, 1.82) is 0 Å². The first kappa shape index (κ1) is 11.8. The molecule has 0 aliphatic carbocycles. The summed E-state index contributed by atoms with van der Waals surface area (Å²) in [5.74, 6) is 0. The van der Waals surface area contributed by atoms with Crippen LogP contribution in [-0.4, -0.2) is 17.1 Å². The number of hydrogen-bond donors (Lipinski definition) is 1. The molecule has 0 aliphatic heterocycles. The first-order chi connectivity index (χ1) is 6.86. The highest BCUT2D eigenvalue weighted by molar-refractivity contribution is 6.31. The number of aryl methyl sites for hydroxylation is 1. The van der Waals surface area contributed by atoms with Crippen LogP contribution in [0.4, 0.5) is 13.2 Å². The molecular weight excluding hydrogens is 231 g/mol. The molecule has 6 heteroatoms. The SMILES string of the molecule is Cc1ccc(C(=NO)C(F)(F)F)cc1Cl. The van der Waals surface area contributed by atoms with Crippen molar-refractivity contribution in [3.8, 4) is 0 Å². The Balaban J connectivity index is 3.21. The first-order valence-corrected chi connectivity index (χ1v) is 4.30. The molecule has 0 bridgehead atoms. The van der Waals surface area contributed by atoms with Crippen LogP contribution in [-0.2, 0) is 0 Å². The predicted molar refractivity (Wildman–Crippen MR) is 50.6 cm³/mol. The number of hydrogen-bond acceptors (Lipinski definition) is 2. The topological polar surface area (TPSA) is 32.6 Å². The highest BCUT2D eigenvalue weighted by atomic mass is 35.5. The molecule has 0 aliphatic rings. The molecule has 15 heavy (non-hydrogen) atoms. The number of benzene rings is 1. The van der Waals surface area contributed by atoms with Crippen LogP contribution in [0.2, 0.25) is 5.02 Å². The van der Waals surface area contributed by atoms with Crippen molar-refractivity contribution in [3.05, 3.63) is 34.3 Å². The molecule has 1 aromatic rings. The lowest BCUT2D eigenvalue weighted by atomic mass is 10.1. The summed E-state index contributed by atoms with van der Waals surface area (Å²) in [5, 5.41) is 10.7. The van der Waals surface area contributed by atoms with Gasteiger partial charge in [-0.2, -0.15) is 13.2 Å². The number of halogens is 4. The van der Waals surface area contributed by atoms with Crippen LogP contribution < -0.4 is 0 Å². The summed E-state index contributed by atoms with van der Waals surface area (Å²) in [7, 11) is 0. The van der Waals surface area contributed by atoms with E-state index >= 15 is 0 Å². The van der Waals surface area contributed by atoms with Crippen molar-refractivity contribution in [2.75, 3.05) is 0 Å². The van der Waals surface area contributed by atoms with E-state index in [9.17, 15) is 13.2 Å². The van der Waals surface area contributed by atoms with Crippen molar-refractivity contribution in [2.45, 2.75) is 13.1 Å². The number of oxime groups is 1. The standard InChI is InChI=1S/C9H7ClF3NO/c1-5-2-3-6(4-7(5)10)8(14-15)9(11,12)13/h2-4,15H,1H3. The number of alkyl halides is 3. The van der Waals surface area contributed by atoms with Gasteiger partial charge in [-0.05, 0) is 18.6 Å². The zero-order valence-corrected chi connectivity index (χ0v) is 8.39. The van der Waals surface area contributed by atoms with E-state index in [2.05, 4.69) is 5.16 Å². The van der Waals surface area contributed by atoms with Gasteiger partial charge in [-0.15, -0.1) is 0 Å². The Hall–Kier alpha value is -1.23. The summed E-state index contributed by atoms with van der Waals surface area (Å²) in [4.78, 5) is 0. The lowest BCUT2D eigenvalue weighted by Gasteiger charge is -2.09. The van der Waals surface area contributed by atoms with Gasteiger partial charge in [-0.25, -0.2) is 0 Å². The molecule has 1 aromatic carbocycles. The second-order valence-corrected chi connectivity index (χ2v) is 3.32. The highest BCUT2D eigenvalue weighted by Gasteiger charge is 2.37. The predicted octanol–water partition coefficient (Wildman–Crippen LogP) is 3.39. The molecule has 0 saturated heterocycles. The summed E-state index contributed by atoms with van der Waals surface area (Å²) >= 11 is 5.66. The van der Waals surface area contributed by atoms with Crippen LogP contribution in [0, 0.1) is 6.92 Å². The third kappa shape index (κ3) is 2.62. The average Bonchev–Trinajstić information content (AvgIpc) is 2.10. The van der Waals surface area contributed by atoms with Gasteiger partial charge < -0.3 is 5.21 Å². The normalized spacial score (nSPS) is 13.0.